The summed E-state index contributed by atoms with van der Waals surface area (Å²) < 4.78 is 1.94. The van der Waals surface area contributed by atoms with Gasteiger partial charge in [0, 0.05) is 17.7 Å². The van der Waals surface area contributed by atoms with Gasteiger partial charge in [0.05, 0.1) is 5.69 Å². The van der Waals surface area contributed by atoms with Crippen LogP contribution in [0.1, 0.15) is 35.6 Å². The van der Waals surface area contributed by atoms with Crippen molar-refractivity contribution in [1.82, 2.24) is 9.78 Å². The average Bonchev–Trinajstić information content (AvgIpc) is 3.06. The topological polar surface area (TPSA) is 37.8 Å². The first kappa shape index (κ1) is 10.4. The number of nitrogens with one attached hydrogen (secondary N) is 1. The van der Waals surface area contributed by atoms with E-state index in [2.05, 4.69) is 37.1 Å². The summed E-state index contributed by atoms with van der Waals surface area (Å²) >= 11 is 0. The molecule has 1 saturated carbocycles. The fraction of sp³-hybridized carbons (Fsp3) is 0.357. The largest absolute Gasteiger partial charge is 0.268 e. The van der Waals surface area contributed by atoms with Crippen molar-refractivity contribution in [1.29, 1.82) is 0 Å². The van der Waals surface area contributed by atoms with Crippen LogP contribution >= 0.6 is 0 Å². The number of aromatic amines is 1. The second-order valence-corrected chi connectivity index (χ2v) is 4.92. The molecule has 0 radical (unpaired) electrons. The SMILES string of the molecule is Cc1ccc(-n2[nH]c(=O)cc2C2CC2)cc1C. The molecule has 3 nitrogen and oxygen atoms in total. The molecule has 0 bridgehead atoms. The Morgan fingerprint density at radius 1 is 1.18 bits per heavy atom. The molecule has 1 N–H and O–H groups in total. The first-order valence-electron chi connectivity index (χ1n) is 6.05. The third-order valence-corrected chi connectivity index (χ3v) is 3.50. The minimum atomic E-state index is -0.00914. The average molecular weight is 228 g/mol. The van der Waals surface area contributed by atoms with E-state index >= 15 is 0 Å². The van der Waals surface area contributed by atoms with Crippen molar-refractivity contribution < 1.29 is 0 Å². The van der Waals surface area contributed by atoms with E-state index in [1.54, 1.807) is 6.07 Å². The van der Waals surface area contributed by atoms with Crippen molar-refractivity contribution in [2.24, 2.45) is 0 Å². The van der Waals surface area contributed by atoms with Crippen LogP contribution in [0.4, 0.5) is 0 Å². The zero-order valence-corrected chi connectivity index (χ0v) is 10.2. The molecule has 0 unspecified atom stereocenters. The molecule has 1 fully saturated rings. The Labute approximate surface area is 100 Å². The van der Waals surface area contributed by atoms with Crippen LogP contribution in [0.25, 0.3) is 5.69 Å². The minimum absolute atomic E-state index is 0.00914. The van der Waals surface area contributed by atoms with Crippen LogP contribution in [-0.4, -0.2) is 9.78 Å². The Hall–Kier alpha value is -1.77. The Balaban J connectivity index is 2.13. The maximum atomic E-state index is 11.5. The summed E-state index contributed by atoms with van der Waals surface area (Å²) in [6, 6.07) is 8.01. The van der Waals surface area contributed by atoms with Crippen molar-refractivity contribution in [3.63, 3.8) is 0 Å². The zero-order chi connectivity index (χ0) is 12.0. The molecule has 1 aromatic carbocycles. The van der Waals surface area contributed by atoms with Crippen LogP contribution in [-0.2, 0) is 0 Å². The molecule has 0 saturated heterocycles. The third-order valence-electron chi connectivity index (χ3n) is 3.50. The smallest absolute Gasteiger partial charge is 0.264 e. The molecule has 3 rings (SSSR count). The lowest BCUT2D eigenvalue weighted by Gasteiger charge is -2.09. The van der Waals surface area contributed by atoms with Gasteiger partial charge in [0.2, 0.25) is 0 Å². The van der Waals surface area contributed by atoms with Crippen molar-refractivity contribution in [2.75, 3.05) is 0 Å². The maximum absolute atomic E-state index is 11.5. The highest BCUT2D eigenvalue weighted by Crippen LogP contribution is 2.40. The summed E-state index contributed by atoms with van der Waals surface area (Å²) in [7, 11) is 0. The van der Waals surface area contributed by atoms with Gasteiger partial charge in [0.1, 0.15) is 0 Å². The number of aryl methyl sites for hydroxylation is 2. The lowest BCUT2D eigenvalue weighted by atomic mass is 10.1. The number of benzene rings is 1. The number of aromatic nitrogens is 2. The summed E-state index contributed by atoms with van der Waals surface area (Å²) in [5, 5.41) is 2.89. The van der Waals surface area contributed by atoms with E-state index in [4.69, 9.17) is 0 Å². The van der Waals surface area contributed by atoms with Gasteiger partial charge >= 0.3 is 0 Å². The van der Waals surface area contributed by atoms with Gasteiger partial charge in [0.25, 0.3) is 5.56 Å². The summed E-state index contributed by atoms with van der Waals surface area (Å²) in [5.41, 5.74) is 4.69. The first-order valence-corrected chi connectivity index (χ1v) is 6.05. The minimum Gasteiger partial charge on any atom is -0.268 e. The maximum Gasteiger partial charge on any atom is 0.264 e. The van der Waals surface area contributed by atoms with E-state index in [0.29, 0.717) is 5.92 Å². The molecular formula is C14H16N2O. The second kappa shape index (κ2) is 3.62. The lowest BCUT2D eigenvalue weighted by Crippen LogP contribution is -2.05. The van der Waals surface area contributed by atoms with E-state index in [0.717, 1.165) is 11.4 Å². The molecule has 0 atom stereocenters. The predicted molar refractivity (Wildman–Crippen MR) is 67.8 cm³/mol. The van der Waals surface area contributed by atoms with E-state index in [-0.39, 0.29) is 5.56 Å². The Morgan fingerprint density at radius 2 is 1.94 bits per heavy atom. The Kier molecular flexibility index (Phi) is 2.21. The Morgan fingerprint density at radius 3 is 2.59 bits per heavy atom. The monoisotopic (exact) mass is 228 g/mol. The van der Waals surface area contributed by atoms with Crippen molar-refractivity contribution in [2.45, 2.75) is 32.6 Å². The van der Waals surface area contributed by atoms with Crippen LogP contribution < -0.4 is 5.56 Å². The van der Waals surface area contributed by atoms with Crippen LogP contribution in [0.5, 0.6) is 0 Å². The van der Waals surface area contributed by atoms with Gasteiger partial charge in [-0.25, -0.2) is 0 Å². The number of nitrogens with zero attached hydrogens (tertiary/aromatic N) is 1. The molecular weight excluding hydrogens is 212 g/mol. The van der Waals surface area contributed by atoms with E-state index in [9.17, 15) is 4.79 Å². The van der Waals surface area contributed by atoms with Gasteiger partial charge in [0.15, 0.2) is 0 Å². The van der Waals surface area contributed by atoms with Gasteiger partial charge in [-0.1, -0.05) is 6.07 Å². The number of rotatable bonds is 2. The molecule has 1 aromatic heterocycles. The van der Waals surface area contributed by atoms with E-state index in [1.165, 1.54) is 24.0 Å². The zero-order valence-electron chi connectivity index (χ0n) is 10.2. The first-order chi connectivity index (χ1) is 8.15. The molecule has 2 aromatic rings. The molecule has 0 aliphatic heterocycles. The third kappa shape index (κ3) is 1.82. The number of hydrogen-bond acceptors (Lipinski definition) is 1. The lowest BCUT2D eigenvalue weighted by molar-refractivity contribution is 0.798. The summed E-state index contributed by atoms with van der Waals surface area (Å²) in [5.74, 6) is 0.565. The highest BCUT2D eigenvalue weighted by atomic mass is 16.1. The highest BCUT2D eigenvalue weighted by Gasteiger charge is 2.27. The standard InChI is InChI=1S/C14H16N2O/c1-9-3-6-12(7-10(9)2)16-13(11-4-5-11)8-14(17)15-16/h3,6-8,11H,4-5H2,1-2H3,(H,15,17). The predicted octanol–water partition coefficient (Wildman–Crippen LogP) is 2.66. The van der Waals surface area contributed by atoms with Gasteiger partial charge in [-0.05, 0) is 49.9 Å². The summed E-state index contributed by atoms with van der Waals surface area (Å²) in [6.45, 7) is 4.19. The van der Waals surface area contributed by atoms with Crippen molar-refractivity contribution in [3.8, 4) is 5.69 Å². The molecule has 1 aliphatic rings. The van der Waals surface area contributed by atoms with Crippen molar-refractivity contribution in [3.05, 3.63) is 51.4 Å². The van der Waals surface area contributed by atoms with Crippen LogP contribution in [0.2, 0.25) is 0 Å². The number of hydrogen-bond donors (Lipinski definition) is 1. The fourth-order valence-electron chi connectivity index (χ4n) is 2.16. The van der Waals surface area contributed by atoms with Crippen molar-refractivity contribution >= 4 is 0 Å². The van der Waals surface area contributed by atoms with Crippen LogP contribution in [0.15, 0.2) is 29.1 Å². The van der Waals surface area contributed by atoms with Gasteiger partial charge < -0.3 is 0 Å². The van der Waals surface area contributed by atoms with Gasteiger partial charge in [-0.2, -0.15) is 0 Å². The molecule has 0 amide bonds. The second-order valence-electron chi connectivity index (χ2n) is 4.92. The van der Waals surface area contributed by atoms with Gasteiger partial charge in [-0.15, -0.1) is 0 Å². The normalized spacial score (nSPS) is 15.2. The highest BCUT2D eigenvalue weighted by molar-refractivity contribution is 5.40. The van der Waals surface area contributed by atoms with E-state index in [1.807, 2.05) is 4.68 Å². The quantitative estimate of drug-likeness (QED) is 0.843. The van der Waals surface area contributed by atoms with Crippen LogP contribution in [0.3, 0.4) is 0 Å². The van der Waals surface area contributed by atoms with Crippen LogP contribution in [0, 0.1) is 13.8 Å². The van der Waals surface area contributed by atoms with Gasteiger partial charge in [-0.3, -0.25) is 14.6 Å². The molecule has 1 heterocycles. The Bertz CT molecular complexity index is 617. The fourth-order valence-corrected chi connectivity index (χ4v) is 2.16. The molecule has 88 valence electrons. The van der Waals surface area contributed by atoms with E-state index < -0.39 is 0 Å². The summed E-state index contributed by atoms with van der Waals surface area (Å²) in [4.78, 5) is 11.5. The molecule has 3 heteroatoms. The molecule has 17 heavy (non-hydrogen) atoms. The molecule has 1 aliphatic carbocycles. The number of H-pyrrole nitrogens is 1. The molecule has 0 spiro atoms. The summed E-state index contributed by atoms with van der Waals surface area (Å²) in [6.07, 6.45) is 2.39.